The second-order valence-electron chi connectivity index (χ2n) is 9.48. The van der Waals surface area contributed by atoms with Crippen molar-refractivity contribution in [2.75, 3.05) is 29.6 Å². The number of hydrogen-bond acceptors (Lipinski definition) is 7. The minimum absolute atomic E-state index is 0.0908. The molecule has 0 aliphatic carbocycles. The number of nitrogens with one attached hydrogen (secondary N) is 1. The van der Waals surface area contributed by atoms with Gasteiger partial charge in [-0.2, -0.15) is 0 Å². The molecule has 3 aromatic rings. The number of nitrogens with zero attached hydrogens (tertiary/aromatic N) is 1. The molecule has 1 amide bonds. The van der Waals surface area contributed by atoms with Crippen molar-refractivity contribution in [2.45, 2.75) is 37.0 Å². The smallest absolute Gasteiger partial charge is 0.335 e. The summed E-state index contributed by atoms with van der Waals surface area (Å²) in [7, 11) is 1.63. The number of rotatable bonds is 15. The molecular weight excluding hydrogens is 556 g/mol. The molecule has 41 heavy (non-hydrogen) atoms. The van der Waals surface area contributed by atoms with Gasteiger partial charge in [-0.1, -0.05) is 49.4 Å². The van der Waals surface area contributed by atoms with Crippen LogP contribution >= 0.6 is 24.1 Å². The number of carbonyl (C=O) groups excluding carboxylic acids is 1. The first kappa shape index (κ1) is 32.0. The molecule has 3 aromatic carbocycles. The van der Waals surface area contributed by atoms with Crippen molar-refractivity contribution in [2.24, 2.45) is 0 Å². The van der Waals surface area contributed by atoms with Crippen molar-refractivity contribution < 1.29 is 23.4 Å². The molecule has 0 aliphatic rings. The summed E-state index contributed by atoms with van der Waals surface area (Å²) in [5.74, 6) is -0.435. The number of aromatic carboxylic acids is 1. The van der Waals surface area contributed by atoms with Gasteiger partial charge in [0, 0.05) is 59.1 Å². The molecule has 1 unspecified atom stereocenters. The van der Waals surface area contributed by atoms with E-state index in [0.29, 0.717) is 18.7 Å². The topological polar surface area (TPSA) is 99.1 Å². The van der Waals surface area contributed by atoms with Gasteiger partial charge in [-0.3, -0.25) is 9.69 Å². The maximum atomic E-state index is 12.2. The average Bonchev–Trinajstić information content (AvgIpc) is 2.98. The molecule has 9 heteroatoms. The summed E-state index contributed by atoms with van der Waals surface area (Å²) in [6, 6.07) is 22.5. The van der Waals surface area contributed by atoms with Crippen LogP contribution in [0, 0.1) is 0 Å². The van der Waals surface area contributed by atoms with Crippen LogP contribution in [0.1, 0.15) is 48.2 Å². The Morgan fingerprint density at radius 3 is 2.41 bits per heavy atom. The Hall–Kier alpha value is -3.50. The fraction of sp³-hybridized carbons (Fsp3) is 0.250. The number of carboxylic acid groups (broad SMARTS) is 1. The van der Waals surface area contributed by atoms with Gasteiger partial charge < -0.3 is 19.2 Å². The van der Waals surface area contributed by atoms with Crippen molar-refractivity contribution in [1.29, 1.82) is 0 Å². The Morgan fingerprint density at radius 1 is 1.05 bits per heavy atom. The molecule has 0 heterocycles. The lowest BCUT2D eigenvalue weighted by Crippen LogP contribution is -2.25. The van der Waals surface area contributed by atoms with Gasteiger partial charge >= 0.3 is 5.97 Å². The molecule has 0 saturated heterocycles. The fourth-order valence-electron chi connectivity index (χ4n) is 4.49. The van der Waals surface area contributed by atoms with E-state index in [-0.39, 0.29) is 11.5 Å². The lowest BCUT2D eigenvalue weighted by atomic mass is 9.72. The van der Waals surface area contributed by atoms with Gasteiger partial charge in [-0.25, -0.2) is 4.79 Å². The summed E-state index contributed by atoms with van der Waals surface area (Å²) in [6.07, 6.45) is 8.94. The Bertz CT molecular complexity index is 1350. The molecule has 0 spiro atoms. The summed E-state index contributed by atoms with van der Waals surface area (Å²) >= 11 is 2.10. The van der Waals surface area contributed by atoms with Gasteiger partial charge in [0.25, 0.3) is 0 Å². The normalized spacial score (nSPS) is 12.9. The van der Waals surface area contributed by atoms with Gasteiger partial charge in [0.15, 0.2) is 0 Å². The molecule has 0 saturated carbocycles. The third-order valence-electron chi connectivity index (χ3n) is 6.64. The number of carboxylic acids is 1. The van der Waals surface area contributed by atoms with E-state index >= 15 is 0 Å². The second kappa shape index (κ2) is 16.1. The highest BCUT2D eigenvalue weighted by Crippen LogP contribution is 2.41. The summed E-state index contributed by atoms with van der Waals surface area (Å²) in [4.78, 5) is 26.3. The lowest BCUT2D eigenvalue weighted by molar-refractivity contribution is -0.116. The molecule has 0 radical (unpaired) electrons. The maximum Gasteiger partial charge on any atom is 0.335 e. The van der Waals surface area contributed by atoms with E-state index in [9.17, 15) is 14.7 Å². The molecule has 3 N–H and O–H groups in total. The van der Waals surface area contributed by atoms with Crippen molar-refractivity contribution >= 4 is 47.3 Å². The van der Waals surface area contributed by atoms with Crippen LogP contribution in [-0.2, 0) is 14.4 Å². The van der Waals surface area contributed by atoms with E-state index in [0.717, 1.165) is 45.9 Å². The number of allylic oxidation sites excluding steroid dienone is 3. The van der Waals surface area contributed by atoms with Gasteiger partial charge in [0.1, 0.15) is 0 Å². The van der Waals surface area contributed by atoms with Crippen LogP contribution in [0.4, 0.5) is 11.4 Å². The van der Waals surface area contributed by atoms with Crippen LogP contribution < -0.4 is 10.2 Å². The monoisotopic (exact) mass is 592 g/mol. The number of carbonyl (C=O) groups is 2. The lowest BCUT2D eigenvalue weighted by Gasteiger charge is -2.33. The highest BCUT2D eigenvalue weighted by atomic mass is 32.2. The molecule has 216 valence electrons. The highest BCUT2D eigenvalue weighted by molar-refractivity contribution is 7.94. The van der Waals surface area contributed by atoms with Crippen LogP contribution in [0.25, 0.3) is 0 Å². The first-order valence-electron chi connectivity index (χ1n) is 13.2. The molecule has 7 nitrogen and oxygen atoms in total. The molecule has 1 atom stereocenters. The van der Waals surface area contributed by atoms with Crippen molar-refractivity contribution in [3.63, 3.8) is 0 Å². The van der Waals surface area contributed by atoms with Crippen LogP contribution in [-0.4, -0.2) is 40.9 Å². The van der Waals surface area contributed by atoms with E-state index in [1.54, 1.807) is 30.3 Å². The second-order valence-corrected chi connectivity index (χ2v) is 11.1. The molecular formula is C32H36N2O5S2. The number of amides is 1. The predicted molar refractivity (Wildman–Crippen MR) is 170 cm³/mol. The molecule has 0 bridgehead atoms. The molecule has 3 rings (SSSR count). The van der Waals surface area contributed by atoms with Crippen molar-refractivity contribution in [3.8, 4) is 0 Å². The number of anilines is 2. The summed E-state index contributed by atoms with van der Waals surface area (Å²) in [5.41, 5.74) is 3.41. The Morgan fingerprint density at radius 2 is 1.78 bits per heavy atom. The van der Waals surface area contributed by atoms with Gasteiger partial charge in [0.2, 0.25) is 5.91 Å². The van der Waals surface area contributed by atoms with Crippen molar-refractivity contribution in [1.82, 2.24) is 0 Å². The first-order valence-corrected chi connectivity index (χ1v) is 14.9. The largest absolute Gasteiger partial charge is 0.478 e. The maximum absolute atomic E-state index is 12.2. The Kier molecular flexibility index (Phi) is 12.6. The third-order valence-corrected chi connectivity index (χ3v) is 7.73. The zero-order valence-corrected chi connectivity index (χ0v) is 25.1. The Labute approximate surface area is 250 Å². The van der Waals surface area contributed by atoms with Gasteiger partial charge in [0.05, 0.1) is 12.7 Å². The SMILES string of the molecule is COSc1ccc(NCCCSO)c(C(C)(C/C=C/C=C/N(C(C)=O)c2ccccc2)c2ccc(C(=O)O)cc2)c1. The summed E-state index contributed by atoms with van der Waals surface area (Å²) in [5, 5.41) is 13.0. The molecule has 0 fully saturated rings. The number of benzene rings is 3. The summed E-state index contributed by atoms with van der Waals surface area (Å²) < 4.78 is 14.5. The van der Waals surface area contributed by atoms with Gasteiger partial charge in [-0.05, 0) is 84.6 Å². The number of para-hydroxylation sites is 1. The zero-order chi connectivity index (χ0) is 29.7. The summed E-state index contributed by atoms with van der Waals surface area (Å²) in [6.45, 7) is 4.34. The van der Waals surface area contributed by atoms with Gasteiger partial charge in [-0.15, -0.1) is 0 Å². The van der Waals surface area contributed by atoms with E-state index in [1.807, 2.05) is 72.8 Å². The van der Waals surface area contributed by atoms with Crippen LogP contribution in [0.2, 0.25) is 0 Å². The van der Waals surface area contributed by atoms with E-state index in [2.05, 4.69) is 18.3 Å². The average molecular weight is 593 g/mol. The standard InChI is InChI=1S/C32H36N2O5S2/c1-24(35)34(27-11-6-4-7-12-27)21-9-5-8-19-32(2,26-15-13-25(14-16-26)31(36)37)29-23-28(41-39-3)17-18-30(29)33-20-10-22-40-38/h4-9,11-18,21,23,33,38H,10,19-20,22H2,1-3H3,(H,36,37)/b8-5+,21-9+. The van der Waals surface area contributed by atoms with E-state index < -0.39 is 11.4 Å². The fourth-order valence-corrected chi connectivity index (χ4v) is 5.24. The molecule has 0 aliphatic heterocycles. The van der Waals surface area contributed by atoms with Crippen LogP contribution in [0.15, 0.2) is 102 Å². The highest BCUT2D eigenvalue weighted by Gasteiger charge is 2.31. The Balaban J connectivity index is 1.99. The minimum atomic E-state index is -0.973. The third kappa shape index (κ3) is 8.99. The van der Waals surface area contributed by atoms with Crippen LogP contribution in [0.3, 0.4) is 0 Å². The minimum Gasteiger partial charge on any atom is -0.478 e. The molecule has 0 aromatic heterocycles. The van der Waals surface area contributed by atoms with Crippen molar-refractivity contribution in [3.05, 3.63) is 114 Å². The number of hydrogen-bond donors (Lipinski definition) is 3. The first-order chi connectivity index (χ1) is 19.8. The van der Waals surface area contributed by atoms with E-state index in [1.165, 1.54) is 19.0 Å². The zero-order valence-electron chi connectivity index (χ0n) is 23.4. The predicted octanol–water partition coefficient (Wildman–Crippen LogP) is 7.87. The quantitative estimate of drug-likeness (QED) is 0.0932. The van der Waals surface area contributed by atoms with Crippen LogP contribution in [0.5, 0.6) is 0 Å². The van der Waals surface area contributed by atoms with E-state index in [4.69, 9.17) is 8.74 Å².